The Hall–Kier alpha value is -5.79. The molecule has 1 aromatic carbocycles. The smallest absolute Gasteiger partial charge is 0.467 e. The third kappa shape index (κ3) is 7.11. The van der Waals surface area contributed by atoms with Crippen molar-refractivity contribution in [2.45, 2.75) is 141 Å². The molecular weight excluding hydrogens is 842 g/mol. The van der Waals surface area contributed by atoms with E-state index < -0.39 is 124 Å². The van der Waals surface area contributed by atoms with E-state index in [4.69, 9.17) is 42.3 Å². The van der Waals surface area contributed by atoms with Gasteiger partial charge in [0.1, 0.15) is 23.5 Å². The maximum atomic E-state index is 15.7. The molecule has 2 saturated heterocycles. The normalized spacial score (nSPS) is 33.9. The first-order valence-electron chi connectivity index (χ1n) is 20.8. The second-order valence-corrected chi connectivity index (χ2v) is 18.9. The molecule has 0 radical (unpaired) electrons. The summed E-state index contributed by atoms with van der Waals surface area (Å²) in [5.41, 5.74) is -12.0. The predicted octanol–water partition coefficient (Wildman–Crippen LogP) is 3.97. The van der Waals surface area contributed by atoms with Crippen molar-refractivity contribution in [1.29, 1.82) is 0 Å². The lowest BCUT2D eigenvalue weighted by molar-refractivity contribution is -0.345. The van der Waals surface area contributed by atoms with Crippen LogP contribution < -0.4 is 5.32 Å². The summed E-state index contributed by atoms with van der Waals surface area (Å²) in [4.78, 5) is 98.2. The number of hydrogen-bond acceptors (Lipinski definition) is 18. The summed E-state index contributed by atoms with van der Waals surface area (Å²) in [6.45, 7) is 13.5. The van der Waals surface area contributed by atoms with Gasteiger partial charge in [0.15, 0.2) is 41.4 Å². The number of esters is 4. The fraction of sp³-hybridized carbons (Fsp3) is 0.578. The van der Waals surface area contributed by atoms with E-state index in [0.717, 1.165) is 20.8 Å². The molecule has 1 unspecified atom stereocenters. The van der Waals surface area contributed by atoms with Crippen molar-refractivity contribution in [1.82, 2.24) is 5.32 Å². The van der Waals surface area contributed by atoms with Crippen LogP contribution in [0.4, 0.5) is 9.59 Å². The molecule has 12 atom stereocenters. The molecule has 2 aromatic rings. The highest BCUT2D eigenvalue weighted by Crippen LogP contribution is 2.67. The molecule has 3 heterocycles. The van der Waals surface area contributed by atoms with Gasteiger partial charge in [-0.2, -0.15) is 0 Å². The number of benzene rings is 1. The molecule has 1 spiro atoms. The van der Waals surface area contributed by atoms with Crippen LogP contribution in [0.5, 0.6) is 0 Å². The molecule has 346 valence electrons. The Morgan fingerprint density at radius 3 is 2.16 bits per heavy atom. The Morgan fingerprint density at radius 2 is 1.59 bits per heavy atom. The van der Waals surface area contributed by atoms with Gasteiger partial charge in [-0.25, -0.2) is 19.2 Å². The maximum absolute atomic E-state index is 15.7. The molecular formula is C45H53NO18. The van der Waals surface area contributed by atoms with Crippen molar-refractivity contribution in [3.05, 3.63) is 71.2 Å². The van der Waals surface area contributed by atoms with Gasteiger partial charge in [0.2, 0.25) is 5.60 Å². The lowest BCUT2D eigenvalue weighted by Gasteiger charge is -2.67. The molecule has 3 aliphatic carbocycles. The number of ketones is 1. The second kappa shape index (κ2) is 15.7. The molecule has 64 heavy (non-hydrogen) atoms. The van der Waals surface area contributed by atoms with Crippen molar-refractivity contribution in [3.63, 3.8) is 0 Å². The summed E-state index contributed by atoms with van der Waals surface area (Å²) in [5, 5.41) is 26.8. The van der Waals surface area contributed by atoms with Crippen LogP contribution >= 0.6 is 0 Å². The molecule has 2 bridgehead atoms. The number of rotatable bonds is 9. The summed E-state index contributed by atoms with van der Waals surface area (Å²) in [5.74, 6) is -6.90. The second-order valence-electron chi connectivity index (χ2n) is 18.9. The van der Waals surface area contributed by atoms with Gasteiger partial charge in [-0.05, 0) is 77.0 Å². The zero-order valence-corrected chi connectivity index (χ0v) is 37.1. The fourth-order valence-electron chi connectivity index (χ4n) is 10.5. The van der Waals surface area contributed by atoms with Crippen LogP contribution in [-0.4, -0.2) is 118 Å². The lowest BCUT2D eigenvalue weighted by atomic mass is 9.44. The SMILES string of the molecule is CC(=O)O[C@H]1C(=O)[C@@]2(C)C([C@H](OC(=O)c3ccccc3)[C@]34OC(=O)O[C@H]3[C@H](OC(=O)[C@](C)(O)[C@@H](NC(=O)OC(C)(C)C)c3ccco3)C(C)=C1C4(C)C)[C@]1(OC(C)=O)CO[C@@H]1C[C@@H]2O. The molecule has 1 aromatic heterocycles. The number of amides is 1. The first kappa shape index (κ1) is 46.2. The van der Waals surface area contributed by atoms with Gasteiger partial charge in [-0.3, -0.25) is 14.4 Å². The highest BCUT2D eigenvalue weighted by Gasteiger charge is 2.83. The van der Waals surface area contributed by atoms with Crippen molar-refractivity contribution in [2.24, 2.45) is 16.7 Å². The minimum absolute atomic E-state index is 0.00826. The molecule has 2 aliphatic heterocycles. The van der Waals surface area contributed by atoms with Crippen LogP contribution in [0.1, 0.15) is 97.8 Å². The average molecular weight is 896 g/mol. The van der Waals surface area contributed by atoms with Crippen LogP contribution in [0.25, 0.3) is 0 Å². The number of carbonyl (C=O) groups is 7. The van der Waals surface area contributed by atoms with E-state index in [1.54, 1.807) is 39.0 Å². The fourth-order valence-corrected chi connectivity index (χ4v) is 10.5. The maximum Gasteiger partial charge on any atom is 0.509 e. The number of alkyl carbamates (subject to hydrolysis) is 1. The van der Waals surface area contributed by atoms with E-state index in [9.17, 15) is 39.0 Å². The standard InChI is InChI=1S/C45H53NO18/c1-21-28-30(58-22(2)47)33(50)42(9)26(49)19-27-44(20-57-27,62-23(3)48)31(42)35(60-36(51)24-15-12-11-13-16-24)45(41(28,7)8)34(61-39(54)64-45)29(21)59-37(52)43(10,55)32(25-17-14-18-56-25)46-38(53)63-40(4,5)6/h11-18,26-27,29-32,34-35,49,55H,19-20H2,1-10H3,(H,46,53)/t26-,27+,29+,30+,31?,32-,34-,35-,42+,43+,44-,45+/m0/s1. The monoisotopic (exact) mass is 895 g/mol. The van der Waals surface area contributed by atoms with E-state index >= 15 is 4.79 Å². The zero-order chi connectivity index (χ0) is 47.1. The van der Waals surface area contributed by atoms with Crippen molar-refractivity contribution >= 4 is 41.9 Å². The third-order valence-corrected chi connectivity index (χ3v) is 13.3. The summed E-state index contributed by atoms with van der Waals surface area (Å²) >= 11 is 0. The number of hydrogen-bond donors (Lipinski definition) is 3. The molecule has 1 amide bonds. The van der Waals surface area contributed by atoms with Gasteiger partial charge in [0, 0.05) is 25.7 Å². The Morgan fingerprint density at radius 1 is 0.922 bits per heavy atom. The van der Waals surface area contributed by atoms with E-state index in [-0.39, 0.29) is 35.5 Å². The van der Waals surface area contributed by atoms with E-state index in [1.807, 2.05) is 0 Å². The van der Waals surface area contributed by atoms with Gasteiger partial charge in [-0.15, -0.1) is 0 Å². The van der Waals surface area contributed by atoms with Gasteiger partial charge in [0.25, 0.3) is 0 Å². The van der Waals surface area contributed by atoms with Crippen molar-refractivity contribution in [3.8, 4) is 0 Å². The minimum atomic E-state index is -2.71. The number of nitrogens with one attached hydrogen (secondary N) is 1. The van der Waals surface area contributed by atoms with Gasteiger partial charge >= 0.3 is 36.1 Å². The molecule has 19 nitrogen and oxygen atoms in total. The predicted molar refractivity (Wildman–Crippen MR) is 215 cm³/mol. The summed E-state index contributed by atoms with van der Waals surface area (Å²) in [6.07, 6.45) is -11.7. The minimum Gasteiger partial charge on any atom is -0.467 e. The largest absolute Gasteiger partial charge is 0.509 e. The summed E-state index contributed by atoms with van der Waals surface area (Å²) < 4.78 is 53.8. The van der Waals surface area contributed by atoms with Crippen molar-refractivity contribution in [2.75, 3.05) is 6.61 Å². The molecule has 5 aliphatic rings. The van der Waals surface area contributed by atoms with E-state index in [2.05, 4.69) is 5.32 Å². The van der Waals surface area contributed by atoms with E-state index in [1.165, 1.54) is 58.2 Å². The summed E-state index contributed by atoms with van der Waals surface area (Å²) in [6, 6.07) is 8.84. The van der Waals surface area contributed by atoms with Gasteiger partial charge in [0.05, 0.1) is 35.9 Å². The first-order chi connectivity index (χ1) is 29.7. The average Bonchev–Trinajstić information content (AvgIpc) is 3.86. The molecule has 19 heteroatoms. The first-order valence-corrected chi connectivity index (χ1v) is 20.8. The third-order valence-electron chi connectivity index (χ3n) is 13.3. The number of ether oxygens (including phenoxy) is 8. The number of aliphatic hydroxyl groups excluding tert-OH is 1. The van der Waals surface area contributed by atoms with E-state index in [0.29, 0.717) is 0 Å². The molecule has 3 N–H and O–H groups in total. The lowest BCUT2D eigenvalue weighted by Crippen LogP contribution is -2.83. The highest BCUT2D eigenvalue weighted by molar-refractivity contribution is 5.96. The quantitative estimate of drug-likeness (QED) is 0.183. The van der Waals surface area contributed by atoms with Crippen LogP contribution in [0.15, 0.2) is 64.3 Å². The van der Waals surface area contributed by atoms with Crippen LogP contribution in [0, 0.1) is 16.7 Å². The van der Waals surface area contributed by atoms with Crippen molar-refractivity contribution < 1.29 is 86.1 Å². The number of Topliss-reactive ketones (excluding diaryl/α,β-unsaturated/α-hetero) is 1. The van der Waals surface area contributed by atoms with Crippen LogP contribution in [0.3, 0.4) is 0 Å². The number of carbonyl (C=O) groups excluding carboxylic acids is 7. The molecule has 2 saturated carbocycles. The Balaban J connectivity index is 1.48. The number of aliphatic hydroxyl groups is 2. The Kier molecular flexibility index (Phi) is 11.4. The highest BCUT2D eigenvalue weighted by atomic mass is 16.8. The number of fused-ring (bicyclic) bond motifs is 4. The Bertz CT molecular complexity index is 2280. The van der Waals surface area contributed by atoms with Crippen LogP contribution in [-0.2, 0) is 57.1 Å². The topological polar surface area (TPSA) is 259 Å². The van der Waals surface area contributed by atoms with Gasteiger partial charge in [-0.1, -0.05) is 32.0 Å². The molecule has 4 fully saturated rings. The van der Waals surface area contributed by atoms with Gasteiger partial charge < -0.3 is 57.8 Å². The molecule has 7 rings (SSSR count). The zero-order valence-electron chi connectivity index (χ0n) is 37.1. The Labute approximate surface area is 368 Å². The van der Waals surface area contributed by atoms with Crippen LogP contribution in [0.2, 0.25) is 0 Å². The number of furan rings is 1. The summed E-state index contributed by atoms with van der Waals surface area (Å²) in [7, 11) is 0.